The number of hydrogen-bond acceptors (Lipinski definition) is 3. The molecule has 0 saturated heterocycles. The Labute approximate surface area is 158 Å². The Morgan fingerprint density at radius 3 is 1.27 bits per heavy atom. The van der Waals surface area contributed by atoms with Gasteiger partial charge in [0.05, 0.1) is 14.2 Å². The van der Waals surface area contributed by atoms with Crippen LogP contribution in [0.15, 0.2) is 48.5 Å². The van der Waals surface area contributed by atoms with E-state index in [0.717, 1.165) is 0 Å². The average Bonchev–Trinajstić information content (AvgIpc) is 2.47. The Morgan fingerprint density at radius 2 is 1.05 bits per heavy atom. The molecule has 0 aliphatic carbocycles. The van der Waals surface area contributed by atoms with Gasteiger partial charge < -0.3 is 39.2 Å². The van der Waals surface area contributed by atoms with E-state index in [1.54, 1.807) is 62.8 Å². The van der Waals surface area contributed by atoms with Crippen molar-refractivity contribution in [1.82, 2.24) is 0 Å². The summed E-state index contributed by atoms with van der Waals surface area (Å²) >= 11 is 0. The molecule has 0 aliphatic heterocycles. The second-order valence-corrected chi connectivity index (χ2v) is 6.16. The third-order valence-corrected chi connectivity index (χ3v) is 4.84. The first-order chi connectivity index (χ1) is 9.07. The molecule has 116 valence electrons. The average molecular weight is 373 g/mol. The fourth-order valence-corrected chi connectivity index (χ4v) is 3.12. The van der Waals surface area contributed by atoms with Gasteiger partial charge in [-0.2, -0.15) is 0 Å². The zero-order valence-corrected chi connectivity index (χ0v) is 16.0. The van der Waals surface area contributed by atoms with Gasteiger partial charge in [0, 0.05) is 10.6 Å². The predicted molar refractivity (Wildman–Crippen MR) is 80.8 cm³/mol. The topological polar surface area (TPSA) is 55.8 Å². The van der Waals surface area contributed by atoms with Crippen molar-refractivity contribution in [3.63, 3.8) is 0 Å². The molecule has 0 saturated carbocycles. The van der Waals surface area contributed by atoms with Crippen molar-refractivity contribution in [1.29, 1.82) is 0 Å². The van der Waals surface area contributed by atoms with Crippen LogP contribution >= 0.6 is 7.37 Å². The standard InChI is InChI=1S/C14H15O4P.2ClH.Mg/c1-17-11-3-7-13(8-4-11)19(15,16)14-9-5-12(18-2)6-10-14;;;/h3-10H,1-2H3,(H,15,16);2*1H;/q;;;+2/p-2. The zero-order chi connectivity index (χ0) is 13.9. The van der Waals surface area contributed by atoms with E-state index in [1.807, 2.05) is 0 Å². The van der Waals surface area contributed by atoms with E-state index in [2.05, 4.69) is 0 Å². The fraction of sp³-hybridized carbons (Fsp3) is 0.143. The molecule has 2 rings (SSSR count). The van der Waals surface area contributed by atoms with E-state index in [9.17, 15) is 9.46 Å². The SMILES string of the molecule is COc1ccc(P(=O)(O)c2ccc(OC)cc2)cc1.[Cl-].[Cl-].[Mg+2]. The van der Waals surface area contributed by atoms with Crippen LogP contribution in [0.4, 0.5) is 0 Å². The maximum Gasteiger partial charge on any atom is 2.00 e. The Kier molecular flexibility index (Phi) is 11.2. The molecule has 0 heterocycles. The molecule has 0 aliphatic rings. The first-order valence-electron chi connectivity index (χ1n) is 5.70. The van der Waals surface area contributed by atoms with Gasteiger partial charge in [-0.1, -0.05) is 0 Å². The summed E-state index contributed by atoms with van der Waals surface area (Å²) in [6.07, 6.45) is 0. The molecule has 0 spiro atoms. The molecule has 0 bridgehead atoms. The first kappa shape index (κ1) is 23.8. The predicted octanol–water partition coefficient (Wildman–Crippen LogP) is -4.45. The van der Waals surface area contributed by atoms with Gasteiger partial charge in [-0.3, -0.25) is 4.57 Å². The largest absolute Gasteiger partial charge is 2.00 e. The van der Waals surface area contributed by atoms with Crippen molar-refractivity contribution in [3.8, 4) is 11.5 Å². The van der Waals surface area contributed by atoms with Crippen LogP contribution in [0.3, 0.4) is 0 Å². The minimum Gasteiger partial charge on any atom is -1.00 e. The van der Waals surface area contributed by atoms with Crippen molar-refractivity contribution in [2.24, 2.45) is 0 Å². The summed E-state index contributed by atoms with van der Waals surface area (Å²) in [5.74, 6) is 1.30. The van der Waals surface area contributed by atoms with Crippen LogP contribution < -0.4 is 44.9 Å². The summed E-state index contributed by atoms with van der Waals surface area (Å²) in [6, 6.07) is 13.1. The monoisotopic (exact) mass is 372 g/mol. The molecule has 2 aromatic carbocycles. The van der Waals surface area contributed by atoms with Crippen LogP contribution in [0.2, 0.25) is 0 Å². The molecule has 4 nitrogen and oxygen atoms in total. The zero-order valence-electron chi connectivity index (χ0n) is 12.2. The third-order valence-electron chi connectivity index (χ3n) is 2.84. The minimum atomic E-state index is -3.57. The molecule has 0 unspecified atom stereocenters. The second-order valence-electron chi connectivity index (χ2n) is 3.97. The van der Waals surface area contributed by atoms with Crippen LogP contribution in [-0.2, 0) is 4.57 Å². The van der Waals surface area contributed by atoms with Gasteiger partial charge in [0.25, 0.3) is 7.37 Å². The summed E-state index contributed by atoms with van der Waals surface area (Å²) in [6.45, 7) is 0. The Balaban J connectivity index is 0. The Hall–Kier alpha value is -0.424. The van der Waals surface area contributed by atoms with Gasteiger partial charge in [-0.25, -0.2) is 0 Å². The second kappa shape index (κ2) is 10.4. The normalized spacial score (nSPS) is 9.59. The van der Waals surface area contributed by atoms with Crippen molar-refractivity contribution < 1.29 is 43.7 Å². The van der Waals surface area contributed by atoms with E-state index in [4.69, 9.17) is 9.47 Å². The molecule has 0 fully saturated rings. The first-order valence-corrected chi connectivity index (χ1v) is 7.36. The molecule has 8 heteroatoms. The fourth-order valence-electron chi connectivity index (χ4n) is 1.72. The van der Waals surface area contributed by atoms with Gasteiger partial charge in [0.2, 0.25) is 0 Å². The third kappa shape index (κ3) is 5.34. The summed E-state index contributed by atoms with van der Waals surface area (Å²) in [5.41, 5.74) is 0. The molecular weight excluding hydrogens is 358 g/mol. The van der Waals surface area contributed by atoms with Crippen LogP contribution in [0, 0.1) is 0 Å². The van der Waals surface area contributed by atoms with E-state index < -0.39 is 7.37 Å². The number of benzene rings is 2. The quantitative estimate of drug-likeness (QED) is 0.434. The van der Waals surface area contributed by atoms with Crippen LogP contribution in [-0.4, -0.2) is 42.2 Å². The number of methoxy groups -OCH3 is 2. The van der Waals surface area contributed by atoms with Crippen molar-refractivity contribution >= 4 is 41.0 Å². The minimum absolute atomic E-state index is 0. The van der Waals surface area contributed by atoms with Gasteiger partial charge >= 0.3 is 23.1 Å². The molecule has 0 amide bonds. The smallest absolute Gasteiger partial charge is 1.00 e. The van der Waals surface area contributed by atoms with E-state index in [0.29, 0.717) is 22.1 Å². The maximum absolute atomic E-state index is 12.5. The summed E-state index contributed by atoms with van der Waals surface area (Å²) in [5, 5.41) is 0.747. The van der Waals surface area contributed by atoms with Gasteiger partial charge in [-0.15, -0.1) is 0 Å². The molecule has 0 aromatic heterocycles. The van der Waals surface area contributed by atoms with Crippen molar-refractivity contribution in [2.45, 2.75) is 0 Å². The van der Waals surface area contributed by atoms with Crippen LogP contribution in [0.1, 0.15) is 0 Å². The van der Waals surface area contributed by atoms with Crippen molar-refractivity contribution in [2.75, 3.05) is 14.2 Å². The number of rotatable bonds is 4. The number of hydrogen-bond donors (Lipinski definition) is 1. The Morgan fingerprint density at radius 1 is 0.773 bits per heavy atom. The maximum atomic E-state index is 12.5. The van der Waals surface area contributed by atoms with E-state index in [1.165, 1.54) is 0 Å². The molecule has 2 aromatic rings. The van der Waals surface area contributed by atoms with Crippen molar-refractivity contribution in [3.05, 3.63) is 48.5 Å². The summed E-state index contributed by atoms with van der Waals surface area (Å²) in [4.78, 5) is 10.3. The molecule has 0 radical (unpaired) electrons. The van der Waals surface area contributed by atoms with Crippen LogP contribution in [0.25, 0.3) is 0 Å². The number of ether oxygens (including phenoxy) is 2. The summed E-state index contributed by atoms with van der Waals surface area (Å²) < 4.78 is 22.6. The van der Waals surface area contributed by atoms with E-state index in [-0.39, 0.29) is 47.9 Å². The molecule has 1 N–H and O–H groups in total. The molecule has 22 heavy (non-hydrogen) atoms. The summed E-state index contributed by atoms with van der Waals surface area (Å²) in [7, 11) is -0.464. The van der Waals surface area contributed by atoms with Gasteiger partial charge in [0.1, 0.15) is 11.5 Å². The Bertz CT molecular complexity index is 554. The van der Waals surface area contributed by atoms with Gasteiger partial charge in [-0.05, 0) is 48.5 Å². The van der Waals surface area contributed by atoms with Gasteiger partial charge in [0.15, 0.2) is 0 Å². The van der Waals surface area contributed by atoms with E-state index >= 15 is 0 Å². The van der Waals surface area contributed by atoms with Crippen LogP contribution in [0.5, 0.6) is 11.5 Å². The number of halogens is 2. The molecular formula is C14H15Cl2MgO4P. The molecule has 0 atom stereocenters.